The molecule has 0 bridgehead atoms. The number of hydrogen-bond donors (Lipinski definition) is 0. The van der Waals surface area contributed by atoms with Crippen LogP contribution in [0.15, 0.2) is 140 Å². The molecule has 4 aromatic heterocycles. The Labute approximate surface area is 266 Å². The molecule has 0 fully saturated rings. The first-order chi connectivity index (χ1) is 22.3. The van der Waals surface area contributed by atoms with E-state index in [1.807, 2.05) is 11.3 Å². The number of nitrogens with zero attached hydrogens (tertiary/aromatic N) is 3. The number of rotatable bonds is 3. The first-order valence-electron chi connectivity index (χ1n) is 15.0. The van der Waals surface area contributed by atoms with Gasteiger partial charge in [0.1, 0.15) is 0 Å². The second-order valence-electron chi connectivity index (χ2n) is 11.3. The summed E-state index contributed by atoms with van der Waals surface area (Å²) in [5, 5.41) is 6.20. The number of benzene rings is 6. The summed E-state index contributed by atoms with van der Waals surface area (Å²) < 4.78 is 7.27. The standard InChI is InChI=1S/C40H23N3S2/c1-3-12-24(13-4-1)34-39-35(30-17-8-10-21-33(30)44-39)42-40(41-34)31-19-11-18-28-29-23-22-27-26-16-7-9-20-32(26)43(25-14-5-2-6-15-25)36(27)38(29)45-37(28)31/h1-23H. The van der Waals surface area contributed by atoms with E-state index in [4.69, 9.17) is 9.97 Å². The number of thiophene rings is 2. The first kappa shape index (κ1) is 25.0. The minimum Gasteiger partial charge on any atom is -0.308 e. The third-order valence-electron chi connectivity index (χ3n) is 8.82. The van der Waals surface area contributed by atoms with Crippen molar-refractivity contribution in [3.63, 3.8) is 0 Å². The second-order valence-corrected chi connectivity index (χ2v) is 13.4. The molecule has 3 nitrogen and oxygen atoms in total. The van der Waals surface area contributed by atoms with Crippen LogP contribution in [0.25, 0.3) is 90.6 Å². The lowest BCUT2D eigenvalue weighted by atomic mass is 10.1. The summed E-state index contributed by atoms with van der Waals surface area (Å²) in [6.07, 6.45) is 0. The SMILES string of the molecule is c1ccc(-c2nc(-c3cccc4c3sc3c4ccc4c5ccccc5n(-c5ccccc5)c43)nc3c2sc2ccccc23)cc1. The highest BCUT2D eigenvalue weighted by Gasteiger charge is 2.21. The molecule has 0 aliphatic heterocycles. The summed E-state index contributed by atoms with van der Waals surface area (Å²) in [6, 6.07) is 49.7. The van der Waals surface area contributed by atoms with Gasteiger partial charge in [0.05, 0.1) is 31.6 Å². The van der Waals surface area contributed by atoms with E-state index in [9.17, 15) is 0 Å². The first-order valence-corrected chi connectivity index (χ1v) is 16.6. The maximum atomic E-state index is 5.32. The maximum absolute atomic E-state index is 5.32. The smallest absolute Gasteiger partial charge is 0.161 e. The molecule has 0 spiro atoms. The zero-order valence-corrected chi connectivity index (χ0v) is 25.6. The highest BCUT2D eigenvalue weighted by Crippen LogP contribution is 2.46. The quantitative estimate of drug-likeness (QED) is 0.199. The highest BCUT2D eigenvalue weighted by atomic mass is 32.1. The molecular formula is C40H23N3S2. The summed E-state index contributed by atoms with van der Waals surface area (Å²) in [4.78, 5) is 10.6. The number of aromatic nitrogens is 3. The van der Waals surface area contributed by atoms with Crippen molar-refractivity contribution >= 4 is 85.0 Å². The van der Waals surface area contributed by atoms with Gasteiger partial charge >= 0.3 is 0 Å². The molecule has 6 aromatic carbocycles. The fourth-order valence-electron chi connectivity index (χ4n) is 6.83. The van der Waals surface area contributed by atoms with Crippen molar-refractivity contribution in [2.45, 2.75) is 0 Å². The molecule has 210 valence electrons. The van der Waals surface area contributed by atoms with Crippen molar-refractivity contribution < 1.29 is 0 Å². The maximum Gasteiger partial charge on any atom is 0.161 e. The van der Waals surface area contributed by atoms with E-state index in [0.717, 1.165) is 32.9 Å². The Morgan fingerprint density at radius 1 is 0.467 bits per heavy atom. The summed E-state index contributed by atoms with van der Waals surface area (Å²) in [7, 11) is 0. The second kappa shape index (κ2) is 9.57. The van der Waals surface area contributed by atoms with Gasteiger partial charge in [0.15, 0.2) is 5.82 Å². The fraction of sp³-hybridized carbons (Fsp3) is 0. The normalized spacial score (nSPS) is 12.0. The van der Waals surface area contributed by atoms with Crippen LogP contribution in [0.1, 0.15) is 0 Å². The highest BCUT2D eigenvalue weighted by molar-refractivity contribution is 7.27. The number of para-hydroxylation sites is 2. The third kappa shape index (κ3) is 3.62. The molecule has 0 saturated carbocycles. The van der Waals surface area contributed by atoms with Crippen LogP contribution in [-0.2, 0) is 0 Å². The van der Waals surface area contributed by atoms with Crippen molar-refractivity contribution in [3.05, 3.63) is 140 Å². The Bertz CT molecular complexity index is 2750. The van der Waals surface area contributed by atoms with Gasteiger partial charge in [-0.25, -0.2) is 9.97 Å². The number of fused-ring (bicyclic) bond motifs is 10. The van der Waals surface area contributed by atoms with Gasteiger partial charge in [-0.2, -0.15) is 0 Å². The van der Waals surface area contributed by atoms with Crippen LogP contribution in [0.2, 0.25) is 0 Å². The minimum absolute atomic E-state index is 0.766. The largest absolute Gasteiger partial charge is 0.308 e. The van der Waals surface area contributed by atoms with Crippen LogP contribution in [0.3, 0.4) is 0 Å². The van der Waals surface area contributed by atoms with Crippen LogP contribution >= 0.6 is 22.7 Å². The van der Waals surface area contributed by atoms with Gasteiger partial charge in [0, 0.05) is 53.1 Å². The molecule has 5 heteroatoms. The lowest BCUT2D eigenvalue weighted by molar-refractivity contribution is 1.19. The van der Waals surface area contributed by atoms with Crippen molar-refractivity contribution in [1.29, 1.82) is 0 Å². The van der Waals surface area contributed by atoms with Crippen molar-refractivity contribution in [2.24, 2.45) is 0 Å². The summed E-state index contributed by atoms with van der Waals surface area (Å²) in [6.45, 7) is 0. The molecule has 0 aliphatic carbocycles. The lowest BCUT2D eigenvalue weighted by Gasteiger charge is -2.08. The van der Waals surface area contributed by atoms with Crippen LogP contribution < -0.4 is 0 Å². The summed E-state index contributed by atoms with van der Waals surface area (Å²) in [5.41, 5.74) is 7.81. The molecule has 0 amide bonds. The van der Waals surface area contributed by atoms with Gasteiger partial charge in [-0.05, 0) is 30.3 Å². The Balaban J connectivity index is 1.31. The minimum atomic E-state index is 0.766. The average molecular weight is 610 g/mol. The van der Waals surface area contributed by atoms with E-state index in [1.165, 1.54) is 57.8 Å². The molecule has 0 unspecified atom stereocenters. The van der Waals surface area contributed by atoms with E-state index < -0.39 is 0 Å². The molecule has 0 N–H and O–H groups in total. The Hall–Kier alpha value is -5.36. The predicted octanol–water partition coefficient (Wildman–Crippen LogP) is 11.6. The van der Waals surface area contributed by atoms with E-state index in [2.05, 4.69) is 144 Å². The van der Waals surface area contributed by atoms with Gasteiger partial charge < -0.3 is 4.57 Å². The molecule has 0 radical (unpaired) electrons. The van der Waals surface area contributed by atoms with E-state index in [-0.39, 0.29) is 0 Å². The Morgan fingerprint density at radius 3 is 2.02 bits per heavy atom. The Morgan fingerprint density at radius 2 is 1.16 bits per heavy atom. The van der Waals surface area contributed by atoms with Gasteiger partial charge in [0.2, 0.25) is 0 Å². The van der Waals surface area contributed by atoms with Crippen molar-refractivity contribution in [3.8, 4) is 28.3 Å². The summed E-state index contributed by atoms with van der Waals surface area (Å²) in [5.74, 6) is 0.766. The van der Waals surface area contributed by atoms with Gasteiger partial charge in [-0.3, -0.25) is 0 Å². The van der Waals surface area contributed by atoms with Gasteiger partial charge in [-0.1, -0.05) is 109 Å². The van der Waals surface area contributed by atoms with Gasteiger partial charge in [-0.15, -0.1) is 22.7 Å². The molecule has 45 heavy (non-hydrogen) atoms. The molecule has 0 atom stereocenters. The zero-order valence-electron chi connectivity index (χ0n) is 23.9. The fourth-order valence-corrected chi connectivity index (χ4v) is 9.33. The third-order valence-corrected chi connectivity index (χ3v) is 11.2. The lowest BCUT2D eigenvalue weighted by Crippen LogP contribution is -1.93. The molecule has 0 aliphatic rings. The van der Waals surface area contributed by atoms with E-state index >= 15 is 0 Å². The molecular weight excluding hydrogens is 587 g/mol. The zero-order chi connectivity index (χ0) is 29.5. The van der Waals surface area contributed by atoms with E-state index in [0.29, 0.717) is 0 Å². The average Bonchev–Trinajstić information content (AvgIpc) is 3.78. The Kier molecular flexibility index (Phi) is 5.32. The van der Waals surface area contributed by atoms with E-state index in [1.54, 1.807) is 11.3 Å². The van der Waals surface area contributed by atoms with Crippen LogP contribution in [0, 0.1) is 0 Å². The topological polar surface area (TPSA) is 30.7 Å². The van der Waals surface area contributed by atoms with Crippen LogP contribution in [-0.4, -0.2) is 14.5 Å². The van der Waals surface area contributed by atoms with Crippen molar-refractivity contribution in [2.75, 3.05) is 0 Å². The molecule has 4 heterocycles. The number of hydrogen-bond acceptors (Lipinski definition) is 4. The molecule has 0 saturated heterocycles. The van der Waals surface area contributed by atoms with Crippen LogP contribution in [0.4, 0.5) is 0 Å². The van der Waals surface area contributed by atoms with Crippen LogP contribution in [0.5, 0.6) is 0 Å². The summed E-state index contributed by atoms with van der Waals surface area (Å²) >= 11 is 3.62. The van der Waals surface area contributed by atoms with Crippen molar-refractivity contribution in [1.82, 2.24) is 14.5 Å². The monoisotopic (exact) mass is 609 g/mol. The van der Waals surface area contributed by atoms with Gasteiger partial charge in [0.25, 0.3) is 0 Å². The molecule has 10 aromatic rings. The predicted molar refractivity (Wildman–Crippen MR) is 193 cm³/mol. The molecule has 10 rings (SSSR count).